The van der Waals surface area contributed by atoms with Gasteiger partial charge in [0, 0.05) is 29.6 Å². The van der Waals surface area contributed by atoms with Crippen LogP contribution in [0.25, 0.3) is 0 Å². The second-order valence-corrected chi connectivity index (χ2v) is 5.40. The van der Waals surface area contributed by atoms with E-state index in [1.807, 2.05) is 0 Å². The first-order valence-electron chi connectivity index (χ1n) is 5.93. The number of amides is 1. The number of nitrogens with zero attached hydrogens (tertiary/aromatic N) is 1. The maximum Gasteiger partial charge on any atom is 0.245 e. The van der Waals surface area contributed by atoms with Crippen molar-refractivity contribution in [3.63, 3.8) is 0 Å². The number of nitrogens with one attached hydrogen (secondary N) is 1. The van der Waals surface area contributed by atoms with E-state index >= 15 is 0 Å². The molecule has 1 aromatic carbocycles. The molecule has 0 spiro atoms. The molecule has 19 heavy (non-hydrogen) atoms. The monoisotopic (exact) mass is 300 g/mol. The number of carbonyl (C=O) groups excluding carboxylic acids is 2. The van der Waals surface area contributed by atoms with Gasteiger partial charge in [0.15, 0.2) is 5.78 Å². The zero-order valence-electron chi connectivity index (χ0n) is 10.5. The molecule has 1 aliphatic heterocycles. The summed E-state index contributed by atoms with van der Waals surface area (Å²) in [5, 5.41) is 3.78. The standard InChI is InChI=1S/C13H14Cl2N2O2/c1-17-5-4-11(18)12(17)13(19)16-7-8-2-3-9(14)6-10(8)15/h2-3,6,12H,4-5,7H2,1H3,(H,16,19)/t12-/m1/s1. The SMILES string of the molecule is CN1CCC(=O)[C@@H]1C(=O)NCc1ccc(Cl)cc1Cl. The number of halogens is 2. The van der Waals surface area contributed by atoms with Crippen LogP contribution in [0.4, 0.5) is 0 Å². The van der Waals surface area contributed by atoms with E-state index in [0.717, 1.165) is 5.56 Å². The van der Waals surface area contributed by atoms with Gasteiger partial charge in [-0.05, 0) is 24.7 Å². The molecule has 4 nitrogen and oxygen atoms in total. The van der Waals surface area contributed by atoms with E-state index in [2.05, 4.69) is 5.32 Å². The lowest BCUT2D eigenvalue weighted by Crippen LogP contribution is -2.44. The number of Topliss-reactive ketones (excluding diaryl/α,β-unsaturated/α-hetero) is 1. The maximum atomic E-state index is 12.0. The van der Waals surface area contributed by atoms with E-state index < -0.39 is 6.04 Å². The van der Waals surface area contributed by atoms with Crippen molar-refractivity contribution in [3.05, 3.63) is 33.8 Å². The minimum atomic E-state index is -0.675. The second-order valence-electron chi connectivity index (χ2n) is 4.55. The van der Waals surface area contributed by atoms with Crippen LogP contribution < -0.4 is 5.32 Å². The number of likely N-dealkylation sites (tertiary alicyclic amines) is 1. The molecule has 1 N–H and O–H groups in total. The van der Waals surface area contributed by atoms with Crippen molar-refractivity contribution in [3.8, 4) is 0 Å². The Balaban J connectivity index is 1.98. The van der Waals surface area contributed by atoms with Crippen LogP contribution in [0.15, 0.2) is 18.2 Å². The van der Waals surface area contributed by atoms with Gasteiger partial charge < -0.3 is 5.32 Å². The molecule has 0 aromatic heterocycles. The van der Waals surface area contributed by atoms with Crippen molar-refractivity contribution in [2.75, 3.05) is 13.6 Å². The molecule has 102 valence electrons. The summed E-state index contributed by atoms with van der Waals surface area (Å²) < 4.78 is 0. The molecule has 0 unspecified atom stereocenters. The molecule has 0 bridgehead atoms. The largest absolute Gasteiger partial charge is 0.350 e. The summed E-state index contributed by atoms with van der Waals surface area (Å²) in [6.07, 6.45) is 0.427. The summed E-state index contributed by atoms with van der Waals surface area (Å²) in [6.45, 7) is 0.908. The summed E-state index contributed by atoms with van der Waals surface area (Å²) in [4.78, 5) is 25.3. The minimum Gasteiger partial charge on any atom is -0.350 e. The summed E-state index contributed by atoms with van der Waals surface area (Å²) >= 11 is 11.8. The number of benzene rings is 1. The average molecular weight is 301 g/mol. The Labute approximate surface area is 121 Å². The van der Waals surface area contributed by atoms with Crippen LogP contribution in [-0.2, 0) is 16.1 Å². The molecular weight excluding hydrogens is 287 g/mol. The number of likely N-dealkylation sites (N-methyl/N-ethyl adjacent to an activating group) is 1. The first-order valence-corrected chi connectivity index (χ1v) is 6.69. The fourth-order valence-electron chi connectivity index (χ4n) is 2.09. The fourth-order valence-corrected chi connectivity index (χ4v) is 2.56. The Bertz CT molecular complexity index is 519. The van der Waals surface area contributed by atoms with Gasteiger partial charge in [0.1, 0.15) is 6.04 Å². The number of hydrogen-bond acceptors (Lipinski definition) is 3. The van der Waals surface area contributed by atoms with Crippen LogP contribution in [0.5, 0.6) is 0 Å². The molecule has 1 heterocycles. The number of ketones is 1. The smallest absolute Gasteiger partial charge is 0.245 e. The van der Waals surface area contributed by atoms with Crippen LogP contribution in [0.1, 0.15) is 12.0 Å². The van der Waals surface area contributed by atoms with Gasteiger partial charge in [0.2, 0.25) is 5.91 Å². The van der Waals surface area contributed by atoms with Crippen LogP contribution in [0, 0.1) is 0 Å². The second kappa shape index (κ2) is 5.90. The van der Waals surface area contributed by atoms with E-state index in [0.29, 0.717) is 23.0 Å². The number of hydrogen-bond donors (Lipinski definition) is 1. The highest BCUT2D eigenvalue weighted by molar-refractivity contribution is 6.35. The summed E-state index contributed by atoms with van der Waals surface area (Å²) in [5.74, 6) is -0.321. The van der Waals surface area contributed by atoms with Gasteiger partial charge in [0.25, 0.3) is 0 Å². The van der Waals surface area contributed by atoms with E-state index in [9.17, 15) is 9.59 Å². The van der Waals surface area contributed by atoms with E-state index in [4.69, 9.17) is 23.2 Å². The quantitative estimate of drug-likeness (QED) is 0.867. The molecule has 2 rings (SSSR count). The zero-order chi connectivity index (χ0) is 14.0. The third-order valence-corrected chi connectivity index (χ3v) is 3.76. The number of rotatable bonds is 3. The summed E-state index contributed by atoms with van der Waals surface area (Å²) in [5.41, 5.74) is 0.771. The minimum absolute atomic E-state index is 0.0396. The van der Waals surface area contributed by atoms with E-state index in [1.54, 1.807) is 30.1 Å². The predicted octanol–water partition coefficient (Wildman–Crippen LogP) is 1.88. The van der Waals surface area contributed by atoms with Gasteiger partial charge in [0.05, 0.1) is 0 Å². The van der Waals surface area contributed by atoms with Gasteiger partial charge >= 0.3 is 0 Å². The normalized spacial score (nSPS) is 19.7. The molecule has 0 radical (unpaired) electrons. The molecule has 1 aliphatic rings. The lowest BCUT2D eigenvalue weighted by atomic mass is 10.1. The Morgan fingerprint density at radius 1 is 1.47 bits per heavy atom. The summed E-state index contributed by atoms with van der Waals surface area (Å²) in [7, 11) is 1.77. The Morgan fingerprint density at radius 2 is 2.21 bits per heavy atom. The van der Waals surface area contributed by atoms with Gasteiger partial charge in [-0.3, -0.25) is 14.5 Å². The van der Waals surface area contributed by atoms with Crippen molar-refractivity contribution in [2.24, 2.45) is 0 Å². The van der Waals surface area contributed by atoms with Gasteiger partial charge in [-0.25, -0.2) is 0 Å². The molecule has 1 fully saturated rings. The first-order chi connectivity index (χ1) is 8.99. The van der Waals surface area contributed by atoms with Crippen molar-refractivity contribution >= 4 is 34.9 Å². The highest BCUT2D eigenvalue weighted by Gasteiger charge is 2.35. The van der Waals surface area contributed by atoms with E-state index in [1.165, 1.54) is 0 Å². The molecular formula is C13H14Cl2N2O2. The highest BCUT2D eigenvalue weighted by Crippen LogP contribution is 2.21. The van der Waals surface area contributed by atoms with Crippen molar-refractivity contribution in [2.45, 2.75) is 19.0 Å². The van der Waals surface area contributed by atoms with E-state index in [-0.39, 0.29) is 18.2 Å². The fraction of sp³-hybridized carbons (Fsp3) is 0.385. The van der Waals surface area contributed by atoms with Crippen molar-refractivity contribution < 1.29 is 9.59 Å². The molecule has 0 aliphatic carbocycles. The maximum absolute atomic E-state index is 12.0. The number of carbonyl (C=O) groups is 2. The summed E-state index contributed by atoms with van der Waals surface area (Å²) in [6, 6.07) is 4.41. The molecule has 6 heteroatoms. The third-order valence-electron chi connectivity index (χ3n) is 3.17. The van der Waals surface area contributed by atoms with Crippen molar-refractivity contribution in [1.82, 2.24) is 10.2 Å². The molecule has 0 saturated carbocycles. The Hall–Kier alpha value is -1.10. The molecule has 1 aromatic rings. The predicted molar refractivity (Wildman–Crippen MR) is 74.4 cm³/mol. The lowest BCUT2D eigenvalue weighted by molar-refractivity contribution is -0.131. The van der Waals surface area contributed by atoms with Crippen molar-refractivity contribution in [1.29, 1.82) is 0 Å². The third kappa shape index (κ3) is 3.26. The highest BCUT2D eigenvalue weighted by atomic mass is 35.5. The molecule has 1 amide bonds. The van der Waals surface area contributed by atoms with Gasteiger partial charge in [-0.1, -0.05) is 29.3 Å². The van der Waals surface area contributed by atoms with Gasteiger partial charge in [-0.2, -0.15) is 0 Å². The first kappa shape index (κ1) is 14.3. The topological polar surface area (TPSA) is 49.4 Å². The zero-order valence-corrected chi connectivity index (χ0v) is 12.0. The van der Waals surface area contributed by atoms with Crippen LogP contribution in [0.3, 0.4) is 0 Å². The molecule has 1 saturated heterocycles. The lowest BCUT2D eigenvalue weighted by Gasteiger charge is -2.17. The average Bonchev–Trinajstić information content (AvgIpc) is 2.68. The Kier molecular flexibility index (Phi) is 4.45. The van der Waals surface area contributed by atoms with Gasteiger partial charge in [-0.15, -0.1) is 0 Å². The van der Waals surface area contributed by atoms with Crippen LogP contribution in [0.2, 0.25) is 10.0 Å². The van der Waals surface area contributed by atoms with Crippen LogP contribution >= 0.6 is 23.2 Å². The van der Waals surface area contributed by atoms with Crippen LogP contribution in [-0.4, -0.2) is 36.2 Å². The molecule has 1 atom stereocenters. The Morgan fingerprint density at radius 3 is 2.79 bits per heavy atom.